The molecule has 0 heterocycles. The van der Waals surface area contributed by atoms with Crippen LogP contribution in [-0.4, -0.2) is 33.9 Å². The van der Waals surface area contributed by atoms with E-state index in [0.717, 1.165) is 4.31 Å². The molecule has 32 heavy (non-hydrogen) atoms. The van der Waals surface area contributed by atoms with Gasteiger partial charge in [0, 0.05) is 10.7 Å². The lowest BCUT2D eigenvalue weighted by atomic mass is 10.2. The SMILES string of the molecule is COC(=O)c1ccc(NC(=O)CN(c2ccc(Cl)cc2Cl)S(=O)(=O)c2ccccc2)cc1. The van der Waals surface area contributed by atoms with Crippen molar-refractivity contribution in [3.63, 3.8) is 0 Å². The van der Waals surface area contributed by atoms with Gasteiger partial charge in [-0.1, -0.05) is 41.4 Å². The number of anilines is 2. The number of amides is 1. The zero-order chi connectivity index (χ0) is 23.3. The van der Waals surface area contributed by atoms with Gasteiger partial charge in [-0.05, 0) is 54.6 Å². The Bertz CT molecular complexity index is 1230. The van der Waals surface area contributed by atoms with Crippen LogP contribution in [0.5, 0.6) is 0 Å². The minimum atomic E-state index is -4.11. The monoisotopic (exact) mass is 492 g/mol. The number of carbonyl (C=O) groups excluding carboxylic acids is 2. The molecule has 0 saturated carbocycles. The number of methoxy groups -OCH3 is 1. The number of nitrogens with zero attached hydrogens (tertiary/aromatic N) is 1. The molecular weight excluding hydrogens is 475 g/mol. The lowest BCUT2D eigenvalue weighted by Crippen LogP contribution is -2.38. The van der Waals surface area contributed by atoms with Gasteiger partial charge in [-0.3, -0.25) is 9.10 Å². The van der Waals surface area contributed by atoms with Gasteiger partial charge in [0.1, 0.15) is 6.54 Å². The van der Waals surface area contributed by atoms with E-state index in [1.54, 1.807) is 18.2 Å². The first kappa shape index (κ1) is 23.6. The van der Waals surface area contributed by atoms with Crippen molar-refractivity contribution < 1.29 is 22.7 Å². The summed E-state index contributed by atoms with van der Waals surface area (Å²) in [6.07, 6.45) is 0. The molecule has 3 aromatic rings. The van der Waals surface area contributed by atoms with Crippen molar-refractivity contribution in [2.24, 2.45) is 0 Å². The van der Waals surface area contributed by atoms with Crippen LogP contribution in [0.3, 0.4) is 0 Å². The average molecular weight is 493 g/mol. The first-order valence-corrected chi connectivity index (χ1v) is 11.4. The molecule has 0 saturated heterocycles. The van der Waals surface area contributed by atoms with E-state index in [2.05, 4.69) is 10.1 Å². The number of benzene rings is 3. The van der Waals surface area contributed by atoms with Crippen molar-refractivity contribution in [2.45, 2.75) is 4.90 Å². The van der Waals surface area contributed by atoms with Gasteiger partial charge in [-0.25, -0.2) is 13.2 Å². The van der Waals surface area contributed by atoms with Crippen molar-refractivity contribution in [3.05, 3.63) is 88.4 Å². The van der Waals surface area contributed by atoms with E-state index in [9.17, 15) is 18.0 Å². The molecule has 0 fully saturated rings. The summed E-state index contributed by atoms with van der Waals surface area (Å²) in [6, 6.07) is 18.0. The maximum atomic E-state index is 13.3. The Hall–Kier alpha value is -3.07. The molecule has 3 aromatic carbocycles. The quantitative estimate of drug-likeness (QED) is 0.485. The summed E-state index contributed by atoms with van der Waals surface area (Å²) in [7, 11) is -2.85. The lowest BCUT2D eigenvalue weighted by molar-refractivity contribution is -0.114. The van der Waals surface area contributed by atoms with Crippen LogP contribution in [0.1, 0.15) is 10.4 Å². The van der Waals surface area contributed by atoms with E-state index < -0.39 is 28.4 Å². The molecule has 0 unspecified atom stereocenters. The highest BCUT2D eigenvalue weighted by atomic mass is 35.5. The minimum Gasteiger partial charge on any atom is -0.465 e. The Morgan fingerprint density at radius 3 is 2.22 bits per heavy atom. The third-order valence-corrected chi connectivity index (χ3v) is 6.70. The molecule has 1 amide bonds. The molecule has 0 bridgehead atoms. The van der Waals surface area contributed by atoms with Crippen LogP contribution in [0, 0.1) is 0 Å². The second-order valence-corrected chi connectivity index (χ2v) is 9.24. The molecule has 0 aliphatic heterocycles. The Kier molecular flexibility index (Phi) is 7.40. The molecule has 0 aliphatic carbocycles. The summed E-state index contributed by atoms with van der Waals surface area (Å²) in [5.74, 6) is -1.12. The summed E-state index contributed by atoms with van der Waals surface area (Å²) in [5.41, 5.74) is 0.796. The maximum Gasteiger partial charge on any atom is 0.337 e. The lowest BCUT2D eigenvalue weighted by Gasteiger charge is -2.25. The van der Waals surface area contributed by atoms with Gasteiger partial charge in [0.25, 0.3) is 10.0 Å². The van der Waals surface area contributed by atoms with Crippen LogP contribution < -0.4 is 9.62 Å². The average Bonchev–Trinajstić information content (AvgIpc) is 2.78. The van der Waals surface area contributed by atoms with Crippen LogP contribution in [0.25, 0.3) is 0 Å². The third-order valence-electron chi connectivity index (χ3n) is 4.39. The summed E-state index contributed by atoms with van der Waals surface area (Å²) in [5, 5.41) is 3.02. The van der Waals surface area contributed by atoms with E-state index in [4.69, 9.17) is 23.2 Å². The van der Waals surface area contributed by atoms with Crippen LogP contribution in [0.4, 0.5) is 11.4 Å². The highest BCUT2D eigenvalue weighted by Gasteiger charge is 2.28. The number of rotatable bonds is 7. The Morgan fingerprint density at radius 1 is 0.969 bits per heavy atom. The van der Waals surface area contributed by atoms with E-state index >= 15 is 0 Å². The Balaban J connectivity index is 1.90. The van der Waals surface area contributed by atoms with Gasteiger partial charge in [0.05, 0.1) is 28.3 Å². The Labute approximate surface area is 195 Å². The summed E-state index contributed by atoms with van der Waals surface area (Å²) >= 11 is 12.2. The van der Waals surface area contributed by atoms with Crippen LogP contribution >= 0.6 is 23.2 Å². The zero-order valence-electron chi connectivity index (χ0n) is 16.8. The van der Waals surface area contributed by atoms with Gasteiger partial charge in [0.2, 0.25) is 5.91 Å². The van der Waals surface area contributed by atoms with E-state index in [0.29, 0.717) is 16.3 Å². The second-order valence-electron chi connectivity index (χ2n) is 6.54. The molecule has 0 atom stereocenters. The molecule has 3 rings (SSSR count). The van der Waals surface area contributed by atoms with Gasteiger partial charge in [-0.2, -0.15) is 0 Å². The fraction of sp³-hybridized carbons (Fsp3) is 0.0909. The van der Waals surface area contributed by atoms with Crippen LogP contribution in [0.2, 0.25) is 10.0 Å². The maximum absolute atomic E-state index is 13.3. The molecule has 0 aromatic heterocycles. The van der Waals surface area contributed by atoms with Crippen molar-refractivity contribution >= 4 is 56.5 Å². The van der Waals surface area contributed by atoms with E-state index in [-0.39, 0.29) is 15.6 Å². The fourth-order valence-electron chi connectivity index (χ4n) is 2.84. The second kappa shape index (κ2) is 10.0. The topological polar surface area (TPSA) is 92.8 Å². The predicted octanol–water partition coefficient (Wildman–Crippen LogP) is 4.61. The Morgan fingerprint density at radius 2 is 1.62 bits per heavy atom. The molecule has 7 nitrogen and oxygen atoms in total. The highest BCUT2D eigenvalue weighted by molar-refractivity contribution is 7.92. The number of nitrogens with one attached hydrogen (secondary N) is 1. The van der Waals surface area contributed by atoms with Crippen LogP contribution in [0.15, 0.2) is 77.7 Å². The third kappa shape index (κ3) is 5.40. The largest absolute Gasteiger partial charge is 0.465 e. The standard InChI is InChI=1S/C22H18Cl2N2O5S/c1-31-22(28)15-7-10-17(11-8-15)25-21(27)14-26(20-12-9-16(23)13-19(20)24)32(29,30)18-5-3-2-4-6-18/h2-13H,14H2,1H3,(H,25,27). The van der Waals surface area contributed by atoms with Gasteiger partial charge >= 0.3 is 5.97 Å². The normalized spacial score (nSPS) is 11.0. The van der Waals surface area contributed by atoms with Gasteiger partial charge < -0.3 is 10.1 Å². The molecule has 1 N–H and O–H groups in total. The molecular formula is C22H18Cl2N2O5S. The first-order valence-electron chi connectivity index (χ1n) is 9.23. The van der Waals surface area contributed by atoms with Crippen molar-refractivity contribution in [2.75, 3.05) is 23.3 Å². The minimum absolute atomic E-state index is 0.00116. The summed E-state index contributed by atoms with van der Waals surface area (Å²) in [6.45, 7) is -0.544. The van der Waals surface area contributed by atoms with E-state index in [1.165, 1.54) is 61.7 Å². The number of hydrogen-bond acceptors (Lipinski definition) is 5. The van der Waals surface area contributed by atoms with Crippen molar-refractivity contribution in [3.8, 4) is 0 Å². The molecule has 10 heteroatoms. The number of carbonyl (C=O) groups is 2. The molecule has 0 radical (unpaired) electrons. The van der Waals surface area contributed by atoms with Gasteiger partial charge in [0.15, 0.2) is 0 Å². The number of hydrogen-bond donors (Lipinski definition) is 1. The smallest absolute Gasteiger partial charge is 0.337 e. The molecule has 166 valence electrons. The number of ether oxygens (including phenoxy) is 1. The summed E-state index contributed by atoms with van der Waals surface area (Å²) < 4.78 is 32.2. The highest BCUT2D eigenvalue weighted by Crippen LogP contribution is 2.32. The van der Waals surface area contributed by atoms with Crippen molar-refractivity contribution in [1.82, 2.24) is 0 Å². The number of sulfonamides is 1. The summed E-state index contributed by atoms with van der Waals surface area (Å²) in [4.78, 5) is 24.3. The number of halogens is 2. The predicted molar refractivity (Wildman–Crippen MR) is 124 cm³/mol. The fourth-order valence-corrected chi connectivity index (χ4v) is 4.86. The molecule has 0 spiro atoms. The molecule has 0 aliphatic rings. The first-order chi connectivity index (χ1) is 15.2. The van der Waals surface area contributed by atoms with E-state index in [1.807, 2.05) is 0 Å². The van der Waals surface area contributed by atoms with Crippen molar-refractivity contribution in [1.29, 1.82) is 0 Å². The zero-order valence-corrected chi connectivity index (χ0v) is 19.1. The number of esters is 1. The van der Waals surface area contributed by atoms with Gasteiger partial charge in [-0.15, -0.1) is 0 Å². The van der Waals surface area contributed by atoms with Crippen LogP contribution in [-0.2, 0) is 19.6 Å².